The van der Waals surface area contributed by atoms with Crippen LogP contribution in [0.3, 0.4) is 0 Å². The van der Waals surface area contributed by atoms with E-state index in [1.165, 1.54) is 6.07 Å². The van der Waals surface area contributed by atoms with Gasteiger partial charge in [-0.05, 0) is 38.0 Å². The number of aromatic amines is 1. The lowest BCUT2D eigenvalue weighted by Crippen LogP contribution is -2.34. The minimum atomic E-state index is -0.418. The number of aromatic nitrogens is 6. The first-order valence-electron chi connectivity index (χ1n) is 9.90. The molecule has 7 nitrogen and oxygen atoms in total. The molecule has 1 N–H and O–H groups in total. The average molecular weight is 499 g/mol. The number of imidazole rings is 1. The van der Waals surface area contributed by atoms with E-state index in [2.05, 4.69) is 29.6 Å². The number of piperidine rings is 1. The minimum Gasteiger partial charge on any atom is -0.356 e. The summed E-state index contributed by atoms with van der Waals surface area (Å²) < 4.78 is 15.7. The van der Waals surface area contributed by atoms with E-state index in [0.29, 0.717) is 5.92 Å². The van der Waals surface area contributed by atoms with Crippen molar-refractivity contribution >= 4 is 53.3 Å². The number of H-pyrrole nitrogens is 1. The number of fused-ring (bicyclic) bond motifs is 1. The van der Waals surface area contributed by atoms with Crippen LogP contribution in [0.4, 0.5) is 10.2 Å². The molecular weight excluding hydrogens is 476 g/mol. The van der Waals surface area contributed by atoms with E-state index in [-0.39, 0.29) is 29.8 Å². The van der Waals surface area contributed by atoms with Crippen molar-refractivity contribution in [2.45, 2.75) is 25.7 Å². The van der Waals surface area contributed by atoms with Crippen molar-refractivity contribution in [2.75, 3.05) is 18.0 Å². The molecule has 3 aromatic heterocycles. The third-order valence-corrected chi connectivity index (χ3v) is 6.29. The molecule has 5 rings (SSSR count). The number of benzene rings is 1. The highest BCUT2D eigenvalue weighted by molar-refractivity contribution is 6.31. The number of anilines is 1. The zero-order chi connectivity index (χ0) is 20.8. The summed E-state index contributed by atoms with van der Waals surface area (Å²) in [6, 6.07) is 4.76. The second kappa shape index (κ2) is 9.60. The van der Waals surface area contributed by atoms with E-state index >= 15 is 0 Å². The van der Waals surface area contributed by atoms with E-state index < -0.39 is 5.82 Å². The molecule has 170 valence electrons. The van der Waals surface area contributed by atoms with Gasteiger partial charge in [0.15, 0.2) is 5.65 Å². The van der Waals surface area contributed by atoms with E-state index in [1.807, 2.05) is 14.0 Å². The van der Waals surface area contributed by atoms with Crippen molar-refractivity contribution in [1.29, 1.82) is 0 Å². The van der Waals surface area contributed by atoms with Gasteiger partial charge in [-0.25, -0.2) is 19.3 Å². The summed E-state index contributed by atoms with van der Waals surface area (Å²) >= 11 is 5.99. The lowest BCUT2D eigenvalue weighted by atomic mass is 9.96. The van der Waals surface area contributed by atoms with Gasteiger partial charge in [-0.1, -0.05) is 11.6 Å². The van der Waals surface area contributed by atoms with Crippen molar-refractivity contribution in [1.82, 2.24) is 29.7 Å². The van der Waals surface area contributed by atoms with Gasteiger partial charge >= 0.3 is 0 Å². The Morgan fingerprint density at radius 2 is 1.91 bits per heavy atom. The Labute approximate surface area is 202 Å². The number of rotatable bonds is 3. The maximum atomic E-state index is 13.6. The number of nitrogens with one attached hydrogen (secondary N) is 1. The van der Waals surface area contributed by atoms with Gasteiger partial charge in [-0.2, -0.15) is 5.10 Å². The quantitative estimate of drug-likeness (QED) is 0.426. The van der Waals surface area contributed by atoms with Gasteiger partial charge in [0.05, 0.1) is 22.3 Å². The Balaban J connectivity index is 0.00000144. The van der Waals surface area contributed by atoms with E-state index in [0.717, 1.165) is 65.6 Å². The smallest absolute Gasteiger partial charge is 0.160 e. The second-order valence-electron chi connectivity index (χ2n) is 7.68. The zero-order valence-electron chi connectivity index (χ0n) is 17.5. The Bertz CT molecular complexity index is 1230. The topological polar surface area (TPSA) is 75.5 Å². The molecular formula is C21H23Cl3FN7. The largest absolute Gasteiger partial charge is 0.356 e. The van der Waals surface area contributed by atoms with Crippen LogP contribution in [0.5, 0.6) is 0 Å². The van der Waals surface area contributed by atoms with Crippen molar-refractivity contribution in [3.05, 3.63) is 53.1 Å². The van der Waals surface area contributed by atoms with Crippen LogP contribution in [0.2, 0.25) is 5.02 Å². The van der Waals surface area contributed by atoms with Gasteiger partial charge in [0.2, 0.25) is 0 Å². The van der Waals surface area contributed by atoms with Crippen LogP contribution in [0.15, 0.2) is 30.7 Å². The molecule has 1 aromatic carbocycles. The Hall–Kier alpha value is -2.42. The predicted molar refractivity (Wildman–Crippen MR) is 129 cm³/mol. The molecule has 4 aromatic rings. The van der Waals surface area contributed by atoms with Crippen molar-refractivity contribution in [3.63, 3.8) is 0 Å². The molecule has 11 heteroatoms. The van der Waals surface area contributed by atoms with Crippen LogP contribution in [0.25, 0.3) is 22.3 Å². The molecule has 0 amide bonds. The molecule has 1 aliphatic rings. The molecule has 0 bridgehead atoms. The second-order valence-corrected chi connectivity index (χ2v) is 8.09. The zero-order valence-corrected chi connectivity index (χ0v) is 19.9. The number of nitrogens with zero attached hydrogens (tertiary/aromatic N) is 6. The van der Waals surface area contributed by atoms with Gasteiger partial charge in [0, 0.05) is 37.3 Å². The summed E-state index contributed by atoms with van der Waals surface area (Å²) in [5, 5.41) is 8.04. The fraction of sp³-hybridized carbons (Fsp3) is 0.333. The predicted octanol–water partition coefficient (Wildman–Crippen LogP) is 5.08. The third-order valence-electron chi connectivity index (χ3n) is 6.00. The maximum absolute atomic E-state index is 13.6. The Kier molecular flexibility index (Phi) is 7.27. The Morgan fingerprint density at radius 3 is 2.62 bits per heavy atom. The van der Waals surface area contributed by atoms with Gasteiger partial charge in [-0.15, -0.1) is 24.8 Å². The number of halogens is 4. The minimum absolute atomic E-state index is 0. The van der Waals surface area contributed by atoms with Crippen LogP contribution in [0.1, 0.15) is 30.3 Å². The summed E-state index contributed by atoms with van der Waals surface area (Å²) in [6.07, 6.45) is 5.29. The first-order chi connectivity index (χ1) is 14.5. The molecule has 0 aliphatic carbocycles. The highest BCUT2D eigenvalue weighted by Crippen LogP contribution is 2.34. The standard InChI is InChI=1S/C21H21ClFN7.2ClH/c1-12-18(14-3-4-17(23)16(22)9-14)27-20(29(12)2)13-5-7-30(8-6-13)21-15-10-26-28-19(15)24-11-25-21;;/h3-4,9-11,13H,5-8H2,1-2H3,(H,24,25,26,28);2*1H. The summed E-state index contributed by atoms with van der Waals surface area (Å²) in [7, 11) is 2.04. The molecule has 4 heterocycles. The highest BCUT2D eigenvalue weighted by Gasteiger charge is 2.27. The van der Waals surface area contributed by atoms with Gasteiger partial charge in [0.1, 0.15) is 23.8 Å². The summed E-state index contributed by atoms with van der Waals surface area (Å²) in [4.78, 5) is 15.9. The van der Waals surface area contributed by atoms with Crippen LogP contribution in [-0.4, -0.2) is 42.8 Å². The van der Waals surface area contributed by atoms with Crippen LogP contribution in [-0.2, 0) is 7.05 Å². The first-order valence-corrected chi connectivity index (χ1v) is 10.3. The lowest BCUT2D eigenvalue weighted by molar-refractivity contribution is 0.473. The maximum Gasteiger partial charge on any atom is 0.160 e. The van der Waals surface area contributed by atoms with Crippen molar-refractivity contribution < 1.29 is 4.39 Å². The molecule has 0 spiro atoms. The molecule has 1 aliphatic heterocycles. The summed E-state index contributed by atoms with van der Waals surface area (Å²) in [6.45, 7) is 3.80. The molecule has 0 radical (unpaired) electrons. The monoisotopic (exact) mass is 497 g/mol. The average Bonchev–Trinajstić information content (AvgIpc) is 3.35. The number of hydrogen-bond acceptors (Lipinski definition) is 5. The Morgan fingerprint density at radius 1 is 1.16 bits per heavy atom. The lowest BCUT2D eigenvalue weighted by Gasteiger charge is -2.32. The van der Waals surface area contributed by atoms with Gasteiger partial charge < -0.3 is 9.47 Å². The van der Waals surface area contributed by atoms with Crippen LogP contribution in [0, 0.1) is 12.7 Å². The van der Waals surface area contributed by atoms with Gasteiger partial charge in [-0.3, -0.25) is 5.10 Å². The molecule has 0 saturated carbocycles. The normalized spacial score (nSPS) is 14.3. The fourth-order valence-electron chi connectivity index (χ4n) is 4.24. The van der Waals surface area contributed by atoms with E-state index in [1.54, 1.807) is 24.7 Å². The SMILES string of the molecule is Cc1c(-c2ccc(F)c(Cl)c2)nc(C2CCN(c3ncnc4[nH]ncc34)CC2)n1C.Cl.Cl. The first kappa shape index (κ1) is 24.2. The fourth-order valence-corrected chi connectivity index (χ4v) is 4.42. The van der Waals surface area contributed by atoms with Crippen molar-refractivity contribution in [2.24, 2.45) is 7.05 Å². The van der Waals surface area contributed by atoms with Crippen molar-refractivity contribution in [3.8, 4) is 11.3 Å². The van der Waals surface area contributed by atoms with Crippen LogP contribution < -0.4 is 4.90 Å². The van der Waals surface area contributed by atoms with E-state index in [4.69, 9.17) is 16.6 Å². The summed E-state index contributed by atoms with van der Waals surface area (Å²) in [5.41, 5.74) is 3.49. The molecule has 1 saturated heterocycles. The number of hydrogen-bond donors (Lipinski definition) is 1. The molecule has 1 fully saturated rings. The molecule has 0 atom stereocenters. The third kappa shape index (κ3) is 4.14. The van der Waals surface area contributed by atoms with Gasteiger partial charge in [0.25, 0.3) is 0 Å². The highest BCUT2D eigenvalue weighted by atomic mass is 35.5. The molecule has 0 unspecified atom stereocenters. The van der Waals surface area contributed by atoms with Crippen LogP contribution >= 0.6 is 36.4 Å². The van der Waals surface area contributed by atoms with E-state index in [9.17, 15) is 4.39 Å². The molecule has 32 heavy (non-hydrogen) atoms. The summed E-state index contributed by atoms with van der Waals surface area (Å²) in [5.74, 6) is 1.90.